The highest BCUT2D eigenvalue weighted by Gasteiger charge is 2.31. The number of ether oxygens (including phenoxy) is 3. The van der Waals surface area contributed by atoms with E-state index in [0.717, 1.165) is 12.3 Å². The van der Waals surface area contributed by atoms with Crippen LogP contribution in [-0.4, -0.2) is 34.6 Å². The molecule has 0 amide bonds. The van der Waals surface area contributed by atoms with Crippen molar-refractivity contribution in [3.05, 3.63) is 71.1 Å². The van der Waals surface area contributed by atoms with E-state index in [9.17, 15) is 18.0 Å². The second kappa shape index (κ2) is 8.81. The first kappa shape index (κ1) is 22.1. The fraction of sp³-hybridized carbons (Fsp3) is 0.174. The van der Waals surface area contributed by atoms with Gasteiger partial charge in [-0.2, -0.15) is 4.98 Å². The van der Waals surface area contributed by atoms with Crippen LogP contribution in [0.2, 0.25) is 0 Å². The summed E-state index contributed by atoms with van der Waals surface area (Å²) in [6, 6.07) is 14.4. The van der Waals surface area contributed by atoms with E-state index in [1.165, 1.54) is 10.6 Å². The van der Waals surface area contributed by atoms with Gasteiger partial charge in [0.15, 0.2) is 5.65 Å². The number of pyridine rings is 3. The third-order valence-electron chi connectivity index (χ3n) is 4.72. The maximum Gasteiger partial charge on any atom is 0.574 e. The van der Waals surface area contributed by atoms with E-state index in [-0.39, 0.29) is 11.3 Å². The Labute approximate surface area is 186 Å². The van der Waals surface area contributed by atoms with Gasteiger partial charge in [0.2, 0.25) is 11.8 Å². The SMILES string of the molecule is CCOc1ccc2cc(-c3ccc(OC)cc3)c(=O)n(-c3ccc(OC(F)(F)F)nc3)c2n1. The molecule has 0 aliphatic heterocycles. The van der Waals surface area contributed by atoms with Crippen molar-refractivity contribution in [2.45, 2.75) is 13.3 Å². The molecule has 0 atom stereocenters. The van der Waals surface area contributed by atoms with Gasteiger partial charge < -0.3 is 14.2 Å². The topological polar surface area (TPSA) is 75.5 Å². The van der Waals surface area contributed by atoms with Crippen LogP contribution >= 0.6 is 0 Å². The largest absolute Gasteiger partial charge is 0.574 e. The van der Waals surface area contributed by atoms with Crippen molar-refractivity contribution in [1.29, 1.82) is 0 Å². The Balaban J connectivity index is 1.92. The summed E-state index contributed by atoms with van der Waals surface area (Å²) in [6.45, 7) is 2.17. The summed E-state index contributed by atoms with van der Waals surface area (Å²) in [5.74, 6) is 0.297. The molecular weight excluding hydrogens is 439 g/mol. The molecule has 4 aromatic rings. The highest BCUT2D eigenvalue weighted by molar-refractivity contribution is 5.83. The van der Waals surface area contributed by atoms with Crippen molar-refractivity contribution in [2.75, 3.05) is 13.7 Å². The Kier molecular flexibility index (Phi) is 5.91. The van der Waals surface area contributed by atoms with Crippen LogP contribution in [0.15, 0.2) is 65.6 Å². The van der Waals surface area contributed by atoms with Gasteiger partial charge in [-0.1, -0.05) is 12.1 Å². The summed E-state index contributed by atoms with van der Waals surface area (Å²) in [5, 5.41) is 0.625. The van der Waals surface area contributed by atoms with E-state index in [0.29, 0.717) is 34.7 Å². The van der Waals surface area contributed by atoms with Gasteiger partial charge in [0.1, 0.15) is 5.75 Å². The molecule has 1 aromatic carbocycles. The van der Waals surface area contributed by atoms with Gasteiger partial charge in [-0.3, -0.25) is 9.36 Å². The summed E-state index contributed by atoms with van der Waals surface area (Å²) in [5.41, 5.74) is 1.06. The first-order chi connectivity index (χ1) is 15.8. The zero-order valence-electron chi connectivity index (χ0n) is 17.6. The number of rotatable bonds is 6. The third-order valence-corrected chi connectivity index (χ3v) is 4.72. The maximum atomic E-state index is 13.5. The average Bonchev–Trinajstić information content (AvgIpc) is 2.79. The lowest BCUT2D eigenvalue weighted by atomic mass is 10.1. The number of halogens is 3. The molecule has 10 heteroatoms. The van der Waals surface area contributed by atoms with Gasteiger partial charge in [0, 0.05) is 23.1 Å². The molecule has 0 radical (unpaired) electrons. The quantitative estimate of drug-likeness (QED) is 0.416. The second-order valence-corrected chi connectivity index (χ2v) is 6.82. The zero-order valence-corrected chi connectivity index (χ0v) is 17.6. The molecule has 0 saturated carbocycles. The minimum atomic E-state index is -4.87. The van der Waals surface area contributed by atoms with Crippen LogP contribution in [0, 0.1) is 0 Å². The minimum Gasteiger partial charge on any atom is -0.497 e. The molecule has 0 N–H and O–H groups in total. The molecule has 0 bridgehead atoms. The number of hydrogen-bond acceptors (Lipinski definition) is 6. The Morgan fingerprint density at radius 2 is 1.73 bits per heavy atom. The van der Waals surface area contributed by atoms with Crippen molar-refractivity contribution < 1.29 is 27.4 Å². The number of aromatic nitrogens is 3. The standard InChI is InChI=1S/C23H18F3N3O4/c1-3-32-20-10-6-15-12-18(14-4-8-17(31-2)9-5-14)22(30)29(21(15)28-20)16-7-11-19(27-13-16)33-23(24,25)26/h4-13H,3H2,1-2H3. The summed E-state index contributed by atoms with van der Waals surface area (Å²) in [7, 11) is 1.54. The monoisotopic (exact) mass is 457 g/mol. The molecule has 3 heterocycles. The lowest BCUT2D eigenvalue weighted by Crippen LogP contribution is -2.22. The number of nitrogens with zero attached hydrogens (tertiary/aromatic N) is 3. The van der Waals surface area contributed by atoms with E-state index < -0.39 is 17.8 Å². The third kappa shape index (κ3) is 4.74. The first-order valence-corrected chi connectivity index (χ1v) is 9.85. The fourth-order valence-corrected chi connectivity index (χ4v) is 3.30. The smallest absolute Gasteiger partial charge is 0.497 e. The molecule has 170 valence electrons. The van der Waals surface area contributed by atoms with Crippen LogP contribution in [0.1, 0.15) is 6.92 Å². The van der Waals surface area contributed by atoms with Crippen LogP contribution in [0.5, 0.6) is 17.5 Å². The van der Waals surface area contributed by atoms with Crippen molar-refractivity contribution in [3.63, 3.8) is 0 Å². The summed E-state index contributed by atoms with van der Waals surface area (Å²) in [4.78, 5) is 21.7. The van der Waals surface area contributed by atoms with Crippen molar-refractivity contribution in [1.82, 2.24) is 14.5 Å². The van der Waals surface area contributed by atoms with E-state index in [1.54, 1.807) is 56.5 Å². The molecule has 4 rings (SSSR count). The molecule has 33 heavy (non-hydrogen) atoms. The minimum absolute atomic E-state index is 0.219. The van der Waals surface area contributed by atoms with Gasteiger partial charge >= 0.3 is 6.36 Å². The van der Waals surface area contributed by atoms with Gasteiger partial charge in [-0.15, -0.1) is 13.2 Å². The number of hydrogen-bond donors (Lipinski definition) is 0. The maximum absolute atomic E-state index is 13.5. The van der Waals surface area contributed by atoms with Gasteiger partial charge in [-0.05, 0) is 42.8 Å². The number of benzene rings is 1. The Hall–Kier alpha value is -4.08. The number of alkyl halides is 3. The normalized spacial score (nSPS) is 11.4. The predicted octanol–water partition coefficient (Wildman–Crippen LogP) is 4.75. The molecule has 0 aliphatic rings. The lowest BCUT2D eigenvalue weighted by Gasteiger charge is -2.14. The fourth-order valence-electron chi connectivity index (χ4n) is 3.30. The van der Waals surface area contributed by atoms with Crippen LogP contribution in [0.3, 0.4) is 0 Å². The Morgan fingerprint density at radius 1 is 1.00 bits per heavy atom. The van der Waals surface area contributed by atoms with E-state index in [1.807, 2.05) is 0 Å². The molecule has 0 saturated heterocycles. The van der Waals surface area contributed by atoms with E-state index >= 15 is 0 Å². The second-order valence-electron chi connectivity index (χ2n) is 6.82. The predicted molar refractivity (Wildman–Crippen MR) is 115 cm³/mol. The molecule has 0 fully saturated rings. The molecular formula is C23H18F3N3O4. The van der Waals surface area contributed by atoms with Crippen LogP contribution in [-0.2, 0) is 0 Å². The Morgan fingerprint density at radius 3 is 2.33 bits per heavy atom. The first-order valence-electron chi connectivity index (χ1n) is 9.85. The molecule has 0 unspecified atom stereocenters. The molecule has 0 spiro atoms. The summed E-state index contributed by atoms with van der Waals surface area (Å²) < 4.78 is 53.2. The number of methoxy groups -OCH3 is 1. The van der Waals surface area contributed by atoms with Crippen molar-refractivity contribution in [2.24, 2.45) is 0 Å². The zero-order chi connectivity index (χ0) is 23.6. The molecule has 0 aliphatic carbocycles. The van der Waals surface area contributed by atoms with E-state index in [4.69, 9.17) is 9.47 Å². The summed E-state index contributed by atoms with van der Waals surface area (Å²) >= 11 is 0. The highest BCUT2D eigenvalue weighted by Crippen LogP contribution is 2.27. The lowest BCUT2D eigenvalue weighted by molar-refractivity contribution is -0.276. The highest BCUT2D eigenvalue weighted by atomic mass is 19.4. The molecule has 7 nitrogen and oxygen atoms in total. The van der Waals surface area contributed by atoms with Crippen molar-refractivity contribution in [3.8, 4) is 34.3 Å². The van der Waals surface area contributed by atoms with E-state index in [2.05, 4.69) is 14.7 Å². The van der Waals surface area contributed by atoms with Crippen LogP contribution in [0.4, 0.5) is 13.2 Å². The average molecular weight is 457 g/mol. The number of fused-ring (bicyclic) bond motifs is 1. The van der Waals surface area contributed by atoms with Gasteiger partial charge in [0.05, 0.1) is 25.6 Å². The summed E-state index contributed by atoms with van der Waals surface area (Å²) in [6.07, 6.45) is -3.75. The van der Waals surface area contributed by atoms with Crippen molar-refractivity contribution >= 4 is 11.0 Å². The van der Waals surface area contributed by atoms with Crippen LogP contribution in [0.25, 0.3) is 27.8 Å². The molecule has 3 aromatic heterocycles. The van der Waals surface area contributed by atoms with Gasteiger partial charge in [-0.25, -0.2) is 4.98 Å². The van der Waals surface area contributed by atoms with Crippen LogP contribution < -0.4 is 19.8 Å². The Bertz CT molecular complexity index is 1330. The van der Waals surface area contributed by atoms with Gasteiger partial charge in [0.25, 0.3) is 5.56 Å².